The second-order valence-corrected chi connectivity index (χ2v) is 5.35. The van der Waals surface area contributed by atoms with E-state index in [9.17, 15) is 4.79 Å². The van der Waals surface area contributed by atoms with Crippen LogP contribution in [-0.4, -0.2) is 39.6 Å². The SMILES string of the molecule is CC(C)c1[nH]nc(C(=O)N(C)CCc2ccccn2)c1N. The molecule has 0 aliphatic rings. The van der Waals surface area contributed by atoms with Crippen LogP contribution in [-0.2, 0) is 6.42 Å². The van der Waals surface area contributed by atoms with Gasteiger partial charge in [-0.05, 0) is 18.1 Å². The summed E-state index contributed by atoms with van der Waals surface area (Å²) in [7, 11) is 1.74. The molecule has 0 saturated heterocycles. The van der Waals surface area contributed by atoms with Gasteiger partial charge in [0.1, 0.15) is 0 Å². The molecule has 0 atom stereocenters. The van der Waals surface area contributed by atoms with Crippen LogP contribution >= 0.6 is 0 Å². The van der Waals surface area contributed by atoms with Gasteiger partial charge in [-0.15, -0.1) is 0 Å². The fraction of sp³-hybridized carbons (Fsp3) is 0.400. The molecule has 0 spiro atoms. The summed E-state index contributed by atoms with van der Waals surface area (Å²) in [5.74, 6) is 0.0319. The highest BCUT2D eigenvalue weighted by molar-refractivity contribution is 5.97. The number of rotatable bonds is 5. The Kier molecular flexibility index (Phi) is 4.57. The zero-order valence-electron chi connectivity index (χ0n) is 12.6. The Labute approximate surface area is 124 Å². The summed E-state index contributed by atoms with van der Waals surface area (Å²) < 4.78 is 0. The normalized spacial score (nSPS) is 10.9. The third-order valence-electron chi connectivity index (χ3n) is 3.39. The van der Waals surface area contributed by atoms with Gasteiger partial charge in [-0.3, -0.25) is 14.9 Å². The molecule has 1 amide bonds. The number of nitrogens with one attached hydrogen (secondary N) is 1. The minimum absolute atomic E-state index is 0.174. The van der Waals surface area contributed by atoms with Crippen molar-refractivity contribution in [1.29, 1.82) is 0 Å². The van der Waals surface area contributed by atoms with Crippen LogP contribution in [0.1, 0.15) is 41.6 Å². The molecule has 0 fully saturated rings. The van der Waals surface area contributed by atoms with Gasteiger partial charge in [0.05, 0.1) is 11.4 Å². The molecule has 3 N–H and O–H groups in total. The van der Waals surface area contributed by atoms with Crippen molar-refractivity contribution in [2.45, 2.75) is 26.2 Å². The van der Waals surface area contributed by atoms with Crippen molar-refractivity contribution >= 4 is 11.6 Å². The molecule has 6 nitrogen and oxygen atoms in total. The first-order chi connectivity index (χ1) is 10.0. The van der Waals surface area contributed by atoms with Crippen LogP contribution in [0.3, 0.4) is 0 Å². The summed E-state index contributed by atoms with van der Waals surface area (Å²) in [6.07, 6.45) is 2.45. The van der Waals surface area contributed by atoms with Crippen LogP contribution in [0.2, 0.25) is 0 Å². The van der Waals surface area contributed by atoms with Gasteiger partial charge in [-0.1, -0.05) is 19.9 Å². The maximum Gasteiger partial charge on any atom is 0.276 e. The average Bonchev–Trinajstić information content (AvgIpc) is 2.87. The van der Waals surface area contributed by atoms with E-state index in [0.29, 0.717) is 24.3 Å². The maximum atomic E-state index is 12.4. The number of carbonyl (C=O) groups is 1. The standard InChI is InChI=1S/C15H21N5O/c1-10(2)13-12(16)14(19-18-13)15(21)20(3)9-7-11-6-4-5-8-17-11/h4-6,8,10H,7,9,16H2,1-3H3,(H,18,19). The van der Waals surface area contributed by atoms with Crippen LogP contribution in [0.15, 0.2) is 24.4 Å². The van der Waals surface area contributed by atoms with Crippen LogP contribution < -0.4 is 5.73 Å². The number of carbonyl (C=O) groups excluding carboxylic acids is 1. The molecule has 0 radical (unpaired) electrons. The Morgan fingerprint density at radius 2 is 2.19 bits per heavy atom. The van der Waals surface area contributed by atoms with Crippen molar-refractivity contribution in [2.75, 3.05) is 19.3 Å². The smallest absolute Gasteiger partial charge is 0.276 e. The number of hydrogen-bond donors (Lipinski definition) is 2. The van der Waals surface area contributed by atoms with E-state index in [1.54, 1.807) is 18.1 Å². The van der Waals surface area contributed by atoms with Gasteiger partial charge < -0.3 is 10.6 Å². The summed E-state index contributed by atoms with van der Waals surface area (Å²) in [5.41, 5.74) is 8.49. The number of aromatic nitrogens is 3. The number of hydrogen-bond acceptors (Lipinski definition) is 4. The highest BCUT2D eigenvalue weighted by Crippen LogP contribution is 2.22. The van der Waals surface area contributed by atoms with E-state index in [1.165, 1.54) is 0 Å². The number of aromatic amines is 1. The lowest BCUT2D eigenvalue weighted by Gasteiger charge is -2.16. The van der Waals surface area contributed by atoms with E-state index in [4.69, 9.17) is 5.73 Å². The number of H-pyrrole nitrogens is 1. The summed E-state index contributed by atoms with van der Waals surface area (Å²) in [6.45, 7) is 4.57. The van der Waals surface area contributed by atoms with E-state index in [0.717, 1.165) is 11.4 Å². The van der Waals surface area contributed by atoms with Crippen LogP contribution in [0, 0.1) is 0 Å². The number of amides is 1. The fourth-order valence-corrected chi connectivity index (χ4v) is 2.08. The number of pyridine rings is 1. The van der Waals surface area contributed by atoms with Crippen molar-refractivity contribution in [3.8, 4) is 0 Å². The number of likely N-dealkylation sites (N-methyl/N-ethyl adjacent to an activating group) is 1. The van der Waals surface area contributed by atoms with Crippen molar-refractivity contribution < 1.29 is 4.79 Å². The second-order valence-electron chi connectivity index (χ2n) is 5.35. The van der Waals surface area contributed by atoms with Crippen molar-refractivity contribution in [3.63, 3.8) is 0 Å². The third kappa shape index (κ3) is 3.39. The monoisotopic (exact) mass is 287 g/mol. The minimum Gasteiger partial charge on any atom is -0.395 e. The quantitative estimate of drug-likeness (QED) is 0.878. The molecule has 6 heteroatoms. The molecule has 0 unspecified atom stereocenters. The molecule has 2 rings (SSSR count). The Hall–Kier alpha value is -2.37. The number of nitrogen functional groups attached to an aromatic ring is 1. The first-order valence-corrected chi connectivity index (χ1v) is 6.99. The van der Waals surface area contributed by atoms with Gasteiger partial charge in [-0.2, -0.15) is 5.10 Å². The molecule has 2 aromatic heterocycles. The summed E-state index contributed by atoms with van der Waals surface area (Å²) in [5, 5.41) is 6.90. The molecule has 112 valence electrons. The fourth-order valence-electron chi connectivity index (χ4n) is 2.08. The Bertz CT molecular complexity index is 606. The Balaban J connectivity index is 2.02. The molecule has 2 heterocycles. The van der Waals surface area contributed by atoms with E-state index < -0.39 is 0 Å². The Morgan fingerprint density at radius 1 is 1.43 bits per heavy atom. The molecule has 2 aromatic rings. The van der Waals surface area contributed by atoms with E-state index in [1.807, 2.05) is 32.0 Å². The topological polar surface area (TPSA) is 87.9 Å². The lowest BCUT2D eigenvalue weighted by Crippen LogP contribution is -2.29. The molecule has 0 saturated carbocycles. The van der Waals surface area contributed by atoms with E-state index >= 15 is 0 Å². The van der Waals surface area contributed by atoms with Gasteiger partial charge in [0.2, 0.25) is 0 Å². The molecular formula is C15H21N5O. The summed E-state index contributed by atoms with van der Waals surface area (Å²) in [6, 6.07) is 5.75. The maximum absolute atomic E-state index is 12.4. The number of nitrogens with two attached hydrogens (primary N) is 1. The van der Waals surface area contributed by atoms with Crippen LogP contribution in [0.5, 0.6) is 0 Å². The lowest BCUT2D eigenvalue weighted by molar-refractivity contribution is 0.0791. The number of anilines is 1. The van der Waals surface area contributed by atoms with Gasteiger partial charge in [0, 0.05) is 31.9 Å². The van der Waals surface area contributed by atoms with Gasteiger partial charge >= 0.3 is 0 Å². The van der Waals surface area contributed by atoms with Crippen molar-refractivity contribution in [1.82, 2.24) is 20.1 Å². The van der Waals surface area contributed by atoms with Gasteiger partial charge in [0.15, 0.2) is 5.69 Å². The zero-order chi connectivity index (χ0) is 15.4. The first kappa shape index (κ1) is 15.0. The number of nitrogens with zero attached hydrogens (tertiary/aromatic N) is 3. The molecule has 0 bridgehead atoms. The van der Waals surface area contributed by atoms with Crippen LogP contribution in [0.25, 0.3) is 0 Å². The molecule has 0 aromatic carbocycles. The molecule has 0 aliphatic heterocycles. The second kappa shape index (κ2) is 6.39. The largest absolute Gasteiger partial charge is 0.395 e. The molecule has 0 aliphatic carbocycles. The highest BCUT2D eigenvalue weighted by Gasteiger charge is 2.21. The third-order valence-corrected chi connectivity index (χ3v) is 3.39. The molecule has 21 heavy (non-hydrogen) atoms. The minimum atomic E-state index is -0.174. The van der Waals surface area contributed by atoms with E-state index in [2.05, 4.69) is 15.2 Å². The van der Waals surface area contributed by atoms with Crippen molar-refractivity contribution in [3.05, 3.63) is 41.5 Å². The average molecular weight is 287 g/mol. The predicted octanol–water partition coefficient (Wildman–Crippen LogP) is 1.82. The van der Waals surface area contributed by atoms with Crippen molar-refractivity contribution in [2.24, 2.45) is 0 Å². The van der Waals surface area contributed by atoms with Crippen LogP contribution in [0.4, 0.5) is 5.69 Å². The van der Waals surface area contributed by atoms with Gasteiger partial charge in [0.25, 0.3) is 5.91 Å². The molecular weight excluding hydrogens is 266 g/mol. The highest BCUT2D eigenvalue weighted by atomic mass is 16.2. The van der Waals surface area contributed by atoms with Gasteiger partial charge in [-0.25, -0.2) is 0 Å². The first-order valence-electron chi connectivity index (χ1n) is 6.99. The predicted molar refractivity (Wildman–Crippen MR) is 82.0 cm³/mol. The summed E-state index contributed by atoms with van der Waals surface area (Å²) in [4.78, 5) is 18.2. The van der Waals surface area contributed by atoms with E-state index in [-0.39, 0.29) is 11.8 Å². The summed E-state index contributed by atoms with van der Waals surface area (Å²) >= 11 is 0. The lowest BCUT2D eigenvalue weighted by atomic mass is 10.1. The zero-order valence-corrected chi connectivity index (χ0v) is 12.6. The Morgan fingerprint density at radius 3 is 2.76 bits per heavy atom.